The zero-order valence-electron chi connectivity index (χ0n) is 8.90. The van der Waals surface area contributed by atoms with Gasteiger partial charge in [0.15, 0.2) is 0 Å². The second-order valence-corrected chi connectivity index (χ2v) is 3.89. The Morgan fingerprint density at radius 2 is 2.00 bits per heavy atom. The van der Waals surface area contributed by atoms with Gasteiger partial charge in [0.2, 0.25) is 0 Å². The summed E-state index contributed by atoms with van der Waals surface area (Å²) < 4.78 is 0. The molecule has 2 unspecified atom stereocenters. The zero-order valence-corrected chi connectivity index (χ0v) is 8.90. The van der Waals surface area contributed by atoms with Gasteiger partial charge in [-0.3, -0.25) is 0 Å². The van der Waals surface area contributed by atoms with Gasteiger partial charge >= 0.3 is 0 Å². The van der Waals surface area contributed by atoms with Crippen molar-refractivity contribution < 1.29 is 5.11 Å². The summed E-state index contributed by atoms with van der Waals surface area (Å²) in [7, 11) is 0. The van der Waals surface area contributed by atoms with Crippen LogP contribution >= 0.6 is 0 Å². The van der Waals surface area contributed by atoms with Crippen LogP contribution in [0.1, 0.15) is 38.4 Å². The molecule has 1 aromatic rings. The minimum atomic E-state index is -0.425. The van der Waals surface area contributed by atoms with E-state index < -0.39 is 6.10 Å². The van der Waals surface area contributed by atoms with Crippen LogP contribution in [0.3, 0.4) is 0 Å². The minimum absolute atomic E-state index is 0.425. The zero-order chi connectivity index (χ0) is 10.6. The lowest BCUT2D eigenvalue weighted by Gasteiger charge is -2.16. The van der Waals surface area contributed by atoms with Crippen molar-refractivity contribution in [2.45, 2.75) is 32.8 Å². The average molecular weight is 193 g/mol. The van der Waals surface area contributed by atoms with Crippen LogP contribution in [0.5, 0.6) is 0 Å². The highest BCUT2D eigenvalue weighted by molar-refractivity contribution is 5.47. The Bertz CT molecular complexity index is 285. The molecular weight excluding hydrogens is 174 g/mol. The molecule has 3 N–H and O–H groups in total. The Morgan fingerprint density at radius 1 is 1.36 bits per heavy atom. The van der Waals surface area contributed by atoms with Crippen molar-refractivity contribution in [3.63, 3.8) is 0 Å². The molecule has 0 saturated heterocycles. The van der Waals surface area contributed by atoms with E-state index in [0.717, 1.165) is 18.4 Å². The number of nitrogen functional groups attached to an aromatic ring is 1. The predicted octanol–water partition coefficient (Wildman–Crippen LogP) is 2.74. The highest BCUT2D eigenvalue weighted by Crippen LogP contribution is 2.26. The largest absolute Gasteiger partial charge is 0.398 e. The van der Waals surface area contributed by atoms with Crippen LogP contribution in [0.4, 0.5) is 5.69 Å². The van der Waals surface area contributed by atoms with Crippen molar-refractivity contribution in [3.05, 3.63) is 29.8 Å². The average Bonchev–Trinajstić information content (AvgIpc) is 2.18. The number of benzene rings is 1. The van der Waals surface area contributed by atoms with Gasteiger partial charge in [-0.05, 0) is 18.4 Å². The van der Waals surface area contributed by atoms with Crippen molar-refractivity contribution in [1.82, 2.24) is 0 Å². The summed E-state index contributed by atoms with van der Waals surface area (Å²) >= 11 is 0. The molecule has 0 spiro atoms. The standard InChI is InChI=1S/C12H19NO/c1-3-9(2)8-12(14)10-6-4-5-7-11(10)13/h4-7,9,12,14H,3,8,13H2,1-2H3. The maximum atomic E-state index is 9.92. The Morgan fingerprint density at radius 3 is 2.57 bits per heavy atom. The van der Waals surface area contributed by atoms with Crippen molar-refractivity contribution in [3.8, 4) is 0 Å². The van der Waals surface area contributed by atoms with Gasteiger partial charge in [0, 0.05) is 11.3 Å². The molecule has 0 radical (unpaired) electrons. The number of aliphatic hydroxyl groups excluding tert-OH is 1. The Kier molecular flexibility index (Phi) is 3.96. The number of para-hydroxylation sites is 1. The predicted molar refractivity (Wildman–Crippen MR) is 59.9 cm³/mol. The van der Waals surface area contributed by atoms with Crippen molar-refractivity contribution in [2.75, 3.05) is 5.73 Å². The quantitative estimate of drug-likeness (QED) is 0.722. The summed E-state index contributed by atoms with van der Waals surface area (Å²) in [4.78, 5) is 0. The van der Waals surface area contributed by atoms with E-state index in [1.165, 1.54) is 0 Å². The first-order valence-corrected chi connectivity index (χ1v) is 5.17. The molecule has 2 atom stereocenters. The molecule has 2 nitrogen and oxygen atoms in total. The number of hydrogen-bond donors (Lipinski definition) is 2. The Labute approximate surface area is 85.8 Å². The van der Waals surface area contributed by atoms with Crippen molar-refractivity contribution >= 4 is 5.69 Å². The van der Waals surface area contributed by atoms with E-state index in [1.807, 2.05) is 24.3 Å². The molecule has 0 aliphatic rings. The first kappa shape index (κ1) is 11.1. The van der Waals surface area contributed by atoms with Crippen molar-refractivity contribution in [2.24, 2.45) is 5.92 Å². The van der Waals surface area contributed by atoms with Gasteiger partial charge in [0.1, 0.15) is 0 Å². The summed E-state index contributed by atoms with van der Waals surface area (Å²) in [6.45, 7) is 4.27. The topological polar surface area (TPSA) is 46.2 Å². The molecule has 0 saturated carbocycles. The van der Waals surface area contributed by atoms with E-state index in [1.54, 1.807) is 0 Å². The van der Waals surface area contributed by atoms with Crippen LogP contribution in [0.2, 0.25) is 0 Å². The summed E-state index contributed by atoms with van der Waals surface area (Å²) in [5, 5.41) is 9.92. The molecule has 1 rings (SSSR count). The number of aliphatic hydroxyl groups is 1. The normalized spacial score (nSPS) is 15.1. The number of nitrogens with two attached hydrogens (primary N) is 1. The number of hydrogen-bond acceptors (Lipinski definition) is 2. The minimum Gasteiger partial charge on any atom is -0.398 e. The molecule has 0 bridgehead atoms. The Hall–Kier alpha value is -1.02. The first-order valence-electron chi connectivity index (χ1n) is 5.17. The van der Waals surface area contributed by atoms with Gasteiger partial charge in [-0.1, -0.05) is 38.5 Å². The SMILES string of the molecule is CCC(C)CC(O)c1ccccc1N. The van der Waals surface area contributed by atoms with Crippen molar-refractivity contribution in [1.29, 1.82) is 0 Å². The van der Waals surface area contributed by atoms with E-state index in [-0.39, 0.29) is 0 Å². The van der Waals surface area contributed by atoms with Crippen LogP contribution in [0.25, 0.3) is 0 Å². The summed E-state index contributed by atoms with van der Waals surface area (Å²) in [6, 6.07) is 7.51. The molecule has 2 heteroatoms. The molecule has 0 aliphatic heterocycles. The lowest BCUT2D eigenvalue weighted by molar-refractivity contribution is 0.147. The smallest absolute Gasteiger partial charge is 0.0812 e. The van der Waals surface area contributed by atoms with Crippen LogP contribution in [-0.4, -0.2) is 5.11 Å². The highest BCUT2D eigenvalue weighted by atomic mass is 16.3. The third-order valence-electron chi connectivity index (χ3n) is 2.68. The molecule has 0 aromatic heterocycles. The lowest BCUT2D eigenvalue weighted by Crippen LogP contribution is -2.06. The molecule has 14 heavy (non-hydrogen) atoms. The first-order chi connectivity index (χ1) is 6.65. The molecule has 0 aliphatic carbocycles. The molecule has 1 aromatic carbocycles. The van der Waals surface area contributed by atoms with Gasteiger partial charge in [0.05, 0.1) is 6.10 Å². The van der Waals surface area contributed by atoms with Gasteiger partial charge < -0.3 is 10.8 Å². The third kappa shape index (κ3) is 2.74. The van der Waals surface area contributed by atoms with Crippen LogP contribution in [0, 0.1) is 5.92 Å². The fraction of sp³-hybridized carbons (Fsp3) is 0.500. The maximum absolute atomic E-state index is 9.92. The molecule has 0 heterocycles. The maximum Gasteiger partial charge on any atom is 0.0812 e. The van der Waals surface area contributed by atoms with Crippen LogP contribution in [0.15, 0.2) is 24.3 Å². The molecule has 0 fully saturated rings. The van der Waals surface area contributed by atoms with E-state index in [9.17, 15) is 5.11 Å². The van der Waals surface area contributed by atoms with Crippen LogP contribution < -0.4 is 5.73 Å². The third-order valence-corrected chi connectivity index (χ3v) is 2.68. The van der Waals surface area contributed by atoms with Gasteiger partial charge in [-0.2, -0.15) is 0 Å². The molecular formula is C12H19NO. The van der Waals surface area contributed by atoms with Gasteiger partial charge in [-0.15, -0.1) is 0 Å². The summed E-state index contributed by atoms with van der Waals surface area (Å²) in [5.74, 6) is 0.532. The highest BCUT2D eigenvalue weighted by Gasteiger charge is 2.12. The summed E-state index contributed by atoms with van der Waals surface area (Å²) in [5.41, 5.74) is 7.32. The van der Waals surface area contributed by atoms with Gasteiger partial charge in [0.25, 0.3) is 0 Å². The van der Waals surface area contributed by atoms with E-state index in [0.29, 0.717) is 11.6 Å². The monoisotopic (exact) mass is 193 g/mol. The second-order valence-electron chi connectivity index (χ2n) is 3.89. The molecule has 0 amide bonds. The fourth-order valence-electron chi connectivity index (χ4n) is 1.49. The number of anilines is 1. The number of rotatable bonds is 4. The van der Waals surface area contributed by atoms with Gasteiger partial charge in [-0.25, -0.2) is 0 Å². The van der Waals surface area contributed by atoms with E-state index in [4.69, 9.17) is 5.73 Å². The van der Waals surface area contributed by atoms with E-state index >= 15 is 0 Å². The van der Waals surface area contributed by atoms with E-state index in [2.05, 4.69) is 13.8 Å². The second kappa shape index (κ2) is 5.01. The lowest BCUT2D eigenvalue weighted by atomic mass is 9.96. The van der Waals surface area contributed by atoms with Crippen LogP contribution in [-0.2, 0) is 0 Å². The summed E-state index contributed by atoms with van der Waals surface area (Å²) in [6.07, 6.45) is 1.44. The fourth-order valence-corrected chi connectivity index (χ4v) is 1.49. The Balaban J connectivity index is 2.69. The molecule has 78 valence electrons.